The number of nitrogens with zero attached hydrogens (tertiary/aromatic N) is 1. The molecule has 0 aliphatic heterocycles. The number of anilines is 1. The second kappa shape index (κ2) is 3.06. The quantitative estimate of drug-likeness (QED) is 0.438. The number of benzene rings is 1. The monoisotopic (exact) mass is 211 g/mol. The van der Waals surface area contributed by atoms with Crippen LogP contribution in [-0.4, -0.2) is 9.97 Å². The molecule has 0 saturated heterocycles. The predicted octanol–water partition coefficient (Wildman–Crippen LogP) is 1.66. The van der Waals surface area contributed by atoms with Crippen molar-refractivity contribution in [1.29, 1.82) is 0 Å². The Balaban J connectivity index is 2.61. The predicted molar refractivity (Wildman–Crippen MR) is 64.3 cm³/mol. The number of nitrogens with two attached hydrogens (primary N) is 1. The number of fused-ring (bicyclic) bond motifs is 2. The van der Waals surface area contributed by atoms with Gasteiger partial charge in [-0.25, -0.2) is 4.98 Å². The molecule has 0 radical (unpaired) electrons. The van der Waals surface area contributed by atoms with Gasteiger partial charge in [0.1, 0.15) is 5.65 Å². The number of rotatable bonds is 0. The fourth-order valence-electron chi connectivity index (χ4n) is 1.82. The normalized spacial score (nSPS) is 11.0. The minimum Gasteiger partial charge on any atom is -0.399 e. The summed E-state index contributed by atoms with van der Waals surface area (Å²) in [6, 6.07) is 8.71. The Labute approximate surface area is 90.7 Å². The third kappa shape index (κ3) is 1.16. The van der Waals surface area contributed by atoms with Crippen molar-refractivity contribution in [3.63, 3.8) is 0 Å². The van der Waals surface area contributed by atoms with E-state index in [-0.39, 0.29) is 5.43 Å². The van der Waals surface area contributed by atoms with E-state index in [9.17, 15) is 4.79 Å². The van der Waals surface area contributed by atoms with Crippen molar-refractivity contribution in [2.24, 2.45) is 0 Å². The summed E-state index contributed by atoms with van der Waals surface area (Å²) in [5.41, 5.74) is 7.59. The lowest BCUT2D eigenvalue weighted by Crippen LogP contribution is -2.05. The summed E-state index contributed by atoms with van der Waals surface area (Å²) in [6.45, 7) is 0. The first kappa shape index (κ1) is 8.91. The minimum absolute atomic E-state index is 0.0168. The smallest absolute Gasteiger partial charge is 0.198 e. The van der Waals surface area contributed by atoms with E-state index in [2.05, 4.69) is 9.97 Å². The van der Waals surface area contributed by atoms with Crippen LogP contribution in [0.1, 0.15) is 0 Å². The van der Waals surface area contributed by atoms with Crippen LogP contribution in [0.25, 0.3) is 21.9 Å². The Bertz CT molecular complexity index is 746. The van der Waals surface area contributed by atoms with Crippen LogP contribution in [0.4, 0.5) is 5.69 Å². The molecule has 0 amide bonds. The van der Waals surface area contributed by atoms with Crippen molar-refractivity contribution in [2.45, 2.75) is 0 Å². The van der Waals surface area contributed by atoms with Crippen molar-refractivity contribution in [3.8, 4) is 0 Å². The van der Waals surface area contributed by atoms with Crippen LogP contribution < -0.4 is 11.2 Å². The number of hydrogen-bond acceptors (Lipinski definition) is 3. The molecule has 3 aromatic rings. The Morgan fingerprint density at radius 3 is 2.94 bits per heavy atom. The number of aromatic nitrogens is 2. The second-order valence-electron chi connectivity index (χ2n) is 3.66. The molecule has 78 valence electrons. The Morgan fingerprint density at radius 1 is 1.19 bits per heavy atom. The van der Waals surface area contributed by atoms with E-state index in [1.165, 1.54) is 0 Å². The highest BCUT2D eigenvalue weighted by molar-refractivity contribution is 5.91. The average Bonchev–Trinajstić information content (AvgIpc) is 2.29. The van der Waals surface area contributed by atoms with Gasteiger partial charge in [-0.05, 0) is 30.3 Å². The third-order valence-corrected chi connectivity index (χ3v) is 2.59. The summed E-state index contributed by atoms with van der Waals surface area (Å²) in [6.07, 6.45) is 1.65. The zero-order valence-corrected chi connectivity index (χ0v) is 8.40. The molecule has 3 rings (SSSR count). The van der Waals surface area contributed by atoms with E-state index in [1.807, 2.05) is 0 Å². The number of nitrogens with one attached hydrogen (secondary N) is 1. The van der Waals surface area contributed by atoms with Crippen molar-refractivity contribution < 1.29 is 0 Å². The van der Waals surface area contributed by atoms with E-state index in [0.717, 1.165) is 5.52 Å². The van der Waals surface area contributed by atoms with E-state index >= 15 is 0 Å². The van der Waals surface area contributed by atoms with Gasteiger partial charge in [0, 0.05) is 17.3 Å². The fourth-order valence-corrected chi connectivity index (χ4v) is 1.82. The molecule has 1 aromatic carbocycles. The molecule has 3 N–H and O–H groups in total. The lowest BCUT2D eigenvalue weighted by Gasteiger charge is -2.02. The van der Waals surface area contributed by atoms with Crippen molar-refractivity contribution in [3.05, 3.63) is 46.8 Å². The SMILES string of the molecule is Nc1ccc2c(=O)c3cccnc3[nH]c2c1. The number of aromatic amines is 1. The van der Waals surface area contributed by atoms with E-state index in [1.54, 1.807) is 36.5 Å². The summed E-state index contributed by atoms with van der Waals surface area (Å²) < 4.78 is 0. The molecule has 0 fully saturated rings. The molecule has 0 aliphatic carbocycles. The van der Waals surface area contributed by atoms with Crippen LogP contribution in [0.5, 0.6) is 0 Å². The van der Waals surface area contributed by atoms with Crippen LogP contribution >= 0.6 is 0 Å². The molecule has 2 heterocycles. The molecule has 16 heavy (non-hydrogen) atoms. The van der Waals surface area contributed by atoms with E-state index < -0.39 is 0 Å². The summed E-state index contributed by atoms with van der Waals surface area (Å²) in [5, 5.41) is 1.23. The molecule has 0 aliphatic rings. The van der Waals surface area contributed by atoms with Gasteiger partial charge in [-0.1, -0.05) is 0 Å². The highest BCUT2D eigenvalue weighted by Crippen LogP contribution is 2.15. The summed E-state index contributed by atoms with van der Waals surface area (Å²) >= 11 is 0. The standard InChI is InChI=1S/C12H9N3O/c13-7-3-4-8-10(6-7)15-12-9(11(8)16)2-1-5-14-12/h1-6H,13H2,(H,14,15,16). The molecular weight excluding hydrogens is 202 g/mol. The van der Waals surface area contributed by atoms with Gasteiger partial charge in [0.15, 0.2) is 5.43 Å². The lowest BCUT2D eigenvalue weighted by molar-refractivity contribution is 1.32. The molecule has 4 heteroatoms. The summed E-state index contributed by atoms with van der Waals surface area (Å²) in [4.78, 5) is 19.3. The lowest BCUT2D eigenvalue weighted by atomic mass is 10.1. The summed E-state index contributed by atoms with van der Waals surface area (Å²) in [7, 11) is 0. The van der Waals surface area contributed by atoms with Crippen LogP contribution in [0, 0.1) is 0 Å². The fraction of sp³-hybridized carbons (Fsp3) is 0. The highest BCUT2D eigenvalue weighted by Gasteiger charge is 2.05. The maximum absolute atomic E-state index is 12.1. The first-order valence-electron chi connectivity index (χ1n) is 4.92. The second-order valence-corrected chi connectivity index (χ2v) is 3.66. The number of H-pyrrole nitrogens is 1. The van der Waals surface area contributed by atoms with Gasteiger partial charge in [-0.15, -0.1) is 0 Å². The molecule has 0 unspecified atom stereocenters. The zero-order chi connectivity index (χ0) is 11.1. The highest BCUT2D eigenvalue weighted by atomic mass is 16.1. The zero-order valence-electron chi connectivity index (χ0n) is 8.40. The van der Waals surface area contributed by atoms with E-state index in [0.29, 0.717) is 22.1 Å². The van der Waals surface area contributed by atoms with Gasteiger partial charge in [-0.2, -0.15) is 0 Å². The minimum atomic E-state index is -0.0168. The Morgan fingerprint density at radius 2 is 2.06 bits per heavy atom. The third-order valence-electron chi connectivity index (χ3n) is 2.59. The molecule has 2 aromatic heterocycles. The molecule has 4 nitrogen and oxygen atoms in total. The van der Waals surface area contributed by atoms with Crippen LogP contribution in [-0.2, 0) is 0 Å². The maximum atomic E-state index is 12.1. The largest absolute Gasteiger partial charge is 0.399 e. The van der Waals surface area contributed by atoms with Gasteiger partial charge in [0.25, 0.3) is 0 Å². The average molecular weight is 211 g/mol. The Hall–Kier alpha value is -2.36. The molecule has 0 saturated carbocycles. The molecule has 0 spiro atoms. The molecule has 0 atom stereocenters. The summed E-state index contributed by atoms with van der Waals surface area (Å²) in [5.74, 6) is 0. The first-order chi connectivity index (χ1) is 7.75. The Kier molecular flexibility index (Phi) is 1.71. The van der Waals surface area contributed by atoms with Crippen LogP contribution in [0.15, 0.2) is 41.3 Å². The maximum Gasteiger partial charge on any atom is 0.198 e. The topological polar surface area (TPSA) is 71.8 Å². The number of pyridine rings is 2. The number of hydrogen-bond donors (Lipinski definition) is 2. The van der Waals surface area contributed by atoms with Crippen LogP contribution in [0.3, 0.4) is 0 Å². The van der Waals surface area contributed by atoms with Crippen molar-refractivity contribution in [1.82, 2.24) is 9.97 Å². The van der Waals surface area contributed by atoms with Gasteiger partial charge >= 0.3 is 0 Å². The van der Waals surface area contributed by atoms with Gasteiger partial charge in [-0.3, -0.25) is 4.79 Å². The van der Waals surface area contributed by atoms with Gasteiger partial charge in [0.05, 0.1) is 10.9 Å². The molecule has 0 bridgehead atoms. The van der Waals surface area contributed by atoms with Crippen molar-refractivity contribution in [2.75, 3.05) is 5.73 Å². The number of nitrogen functional groups attached to an aromatic ring is 1. The van der Waals surface area contributed by atoms with Crippen molar-refractivity contribution >= 4 is 27.6 Å². The van der Waals surface area contributed by atoms with Crippen LogP contribution in [0.2, 0.25) is 0 Å². The van der Waals surface area contributed by atoms with Gasteiger partial charge in [0.2, 0.25) is 0 Å². The first-order valence-corrected chi connectivity index (χ1v) is 4.92. The van der Waals surface area contributed by atoms with Gasteiger partial charge < -0.3 is 10.7 Å². The molecular formula is C12H9N3O. The van der Waals surface area contributed by atoms with E-state index in [4.69, 9.17) is 5.73 Å².